The molecule has 0 N–H and O–H groups in total. The number of rotatable bonds is 0. The predicted octanol–water partition coefficient (Wildman–Crippen LogP) is 2.73. The normalized spacial score (nSPS) is 11.3. The van der Waals surface area contributed by atoms with Crippen molar-refractivity contribution in [3.05, 3.63) is 49.1 Å². The second-order valence-electron chi connectivity index (χ2n) is 4.05. The SMILES string of the molecule is c1cnc2c(c1)c1cccnc1c1nccnc21. The molecule has 0 saturated heterocycles. The topological polar surface area (TPSA) is 51.6 Å². The lowest BCUT2D eigenvalue weighted by atomic mass is 10.1. The number of pyridine rings is 2. The van der Waals surface area contributed by atoms with Gasteiger partial charge in [0.15, 0.2) is 0 Å². The standard InChI is InChI=1S/C14H8N4/c1-3-9-10-4-2-6-16-12(10)14-13(11(9)15-5-1)17-7-8-18-14/h1-8H. The van der Waals surface area contributed by atoms with Crippen molar-refractivity contribution in [1.29, 1.82) is 0 Å². The van der Waals surface area contributed by atoms with Gasteiger partial charge in [-0.15, -0.1) is 0 Å². The quantitative estimate of drug-likeness (QED) is 0.437. The molecule has 3 aromatic heterocycles. The van der Waals surface area contributed by atoms with Crippen molar-refractivity contribution < 1.29 is 0 Å². The maximum Gasteiger partial charge on any atom is 0.117 e. The molecule has 0 atom stereocenters. The Balaban J connectivity index is 2.46. The first-order valence-corrected chi connectivity index (χ1v) is 5.67. The zero-order valence-corrected chi connectivity index (χ0v) is 9.41. The monoisotopic (exact) mass is 232 g/mol. The van der Waals surface area contributed by atoms with E-state index in [0.717, 1.165) is 32.8 Å². The largest absolute Gasteiger partial charge is 0.254 e. The van der Waals surface area contributed by atoms with Gasteiger partial charge in [0, 0.05) is 35.6 Å². The summed E-state index contributed by atoms with van der Waals surface area (Å²) < 4.78 is 0. The Morgan fingerprint density at radius 3 is 1.44 bits per heavy atom. The molecule has 0 unspecified atom stereocenters. The Bertz CT molecular complexity index is 665. The molecule has 0 saturated carbocycles. The zero-order chi connectivity index (χ0) is 11.9. The Morgan fingerprint density at radius 1 is 0.500 bits per heavy atom. The average Bonchev–Trinajstić information content (AvgIpc) is 2.48. The summed E-state index contributed by atoms with van der Waals surface area (Å²) in [6.45, 7) is 0. The van der Waals surface area contributed by atoms with Gasteiger partial charge >= 0.3 is 0 Å². The van der Waals surface area contributed by atoms with Crippen molar-refractivity contribution in [2.24, 2.45) is 0 Å². The summed E-state index contributed by atoms with van der Waals surface area (Å²) in [5, 5.41) is 2.13. The van der Waals surface area contributed by atoms with E-state index >= 15 is 0 Å². The van der Waals surface area contributed by atoms with Crippen molar-refractivity contribution in [1.82, 2.24) is 19.9 Å². The molecular weight excluding hydrogens is 224 g/mol. The summed E-state index contributed by atoms with van der Waals surface area (Å²) in [6.07, 6.45) is 6.92. The van der Waals surface area contributed by atoms with E-state index in [4.69, 9.17) is 0 Å². The summed E-state index contributed by atoms with van der Waals surface area (Å²) in [7, 11) is 0. The summed E-state index contributed by atoms with van der Waals surface area (Å²) in [5.74, 6) is 0. The molecule has 4 rings (SSSR count). The number of nitrogens with zero attached hydrogens (tertiary/aromatic N) is 4. The molecule has 0 aliphatic heterocycles. The van der Waals surface area contributed by atoms with Crippen LogP contribution in [0.1, 0.15) is 0 Å². The van der Waals surface area contributed by atoms with Crippen molar-refractivity contribution >= 4 is 32.8 Å². The second-order valence-corrected chi connectivity index (χ2v) is 4.05. The molecule has 0 spiro atoms. The Labute approximate surface area is 102 Å². The molecule has 0 aliphatic carbocycles. The molecule has 0 bridgehead atoms. The lowest BCUT2D eigenvalue weighted by Crippen LogP contribution is -1.91. The van der Waals surface area contributed by atoms with Crippen LogP contribution in [0.4, 0.5) is 0 Å². The summed E-state index contributed by atoms with van der Waals surface area (Å²) in [6, 6.07) is 7.94. The Kier molecular flexibility index (Phi) is 1.80. The number of aromatic nitrogens is 4. The Hall–Kier alpha value is -2.62. The fourth-order valence-corrected chi connectivity index (χ4v) is 2.31. The molecule has 4 aromatic rings. The molecule has 3 heterocycles. The number of fused-ring (bicyclic) bond motifs is 6. The number of benzene rings is 1. The van der Waals surface area contributed by atoms with Gasteiger partial charge in [0.25, 0.3) is 0 Å². The van der Waals surface area contributed by atoms with Crippen LogP contribution in [-0.4, -0.2) is 19.9 Å². The lowest BCUT2D eigenvalue weighted by Gasteiger charge is -2.06. The highest BCUT2D eigenvalue weighted by molar-refractivity contribution is 6.20. The number of hydrogen-bond donors (Lipinski definition) is 0. The van der Waals surface area contributed by atoms with E-state index in [1.807, 2.05) is 24.3 Å². The summed E-state index contributed by atoms with van der Waals surface area (Å²) >= 11 is 0. The van der Waals surface area contributed by atoms with Gasteiger partial charge in [-0.2, -0.15) is 0 Å². The van der Waals surface area contributed by atoms with Crippen molar-refractivity contribution in [2.45, 2.75) is 0 Å². The molecule has 4 heteroatoms. The zero-order valence-electron chi connectivity index (χ0n) is 9.41. The molecule has 0 fully saturated rings. The molecule has 18 heavy (non-hydrogen) atoms. The van der Waals surface area contributed by atoms with Crippen LogP contribution in [0.5, 0.6) is 0 Å². The van der Waals surface area contributed by atoms with E-state index < -0.39 is 0 Å². The molecular formula is C14H8N4. The van der Waals surface area contributed by atoms with E-state index in [9.17, 15) is 0 Å². The fraction of sp³-hybridized carbons (Fsp3) is 0. The smallest absolute Gasteiger partial charge is 0.117 e. The Morgan fingerprint density at radius 2 is 0.944 bits per heavy atom. The highest BCUT2D eigenvalue weighted by atomic mass is 14.8. The van der Waals surface area contributed by atoms with Gasteiger partial charge in [0.1, 0.15) is 11.0 Å². The minimum absolute atomic E-state index is 0.805. The third-order valence-corrected chi connectivity index (χ3v) is 3.05. The van der Waals surface area contributed by atoms with Gasteiger partial charge in [0.05, 0.1) is 11.0 Å². The highest BCUT2D eigenvalue weighted by Crippen LogP contribution is 2.29. The molecule has 0 radical (unpaired) electrons. The number of hydrogen-bond acceptors (Lipinski definition) is 4. The van der Waals surface area contributed by atoms with Crippen LogP contribution >= 0.6 is 0 Å². The fourth-order valence-electron chi connectivity index (χ4n) is 2.31. The third kappa shape index (κ3) is 1.14. The van der Waals surface area contributed by atoms with Crippen LogP contribution in [0.15, 0.2) is 49.1 Å². The minimum Gasteiger partial charge on any atom is -0.254 e. The van der Waals surface area contributed by atoms with Crippen LogP contribution in [0.25, 0.3) is 32.8 Å². The maximum absolute atomic E-state index is 4.43. The van der Waals surface area contributed by atoms with E-state index in [0.29, 0.717) is 0 Å². The summed E-state index contributed by atoms with van der Waals surface area (Å²) in [4.78, 5) is 17.6. The van der Waals surface area contributed by atoms with Gasteiger partial charge in [0.2, 0.25) is 0 Å². The van der Waals surface area contributed by atoms with Gasteiger partial charge in [-0.3, -0.25) is 19.9 Å². The summed E-state index contributed by atoms with van der Waals surface area (Å²) in [5.41, 5.74) is 3.36. The van der Waals surface area contributed by atoms with E-state index in [1.165, 1.54) is 0 Å². The lowest BCUT2D eigenvalue weighted by molar-refractivity contribution is 1.29. The van der Waals surface area contributed by atoms with Crippen molar-refractivity contribution in [3.8, 4) is 0 Å². The van der Waals surface area contributed by atoms with Crippen LogP contribution in [0.3, 0.4) is 0 Å². The van der Waals surface area contributed by atoms with Gasteiger partial charge in [-0.05, 0) is 12.1 Å². The average molecular weight is 232 g/mol. The molecule has 84 valence electrons. The second kappa shape index (κ2) is 3.43. The molecule has 1 aromatic carbocycles. The first kappa shape index (κ1) is 9.41. The maximum atomic E-state index is 4.43. The molecule has 0 amide bonds. The van der Waals surface area contributed by atoms with Crippen molar-refractivity contribution in [3.63, 3.8) is 0 Å². The molecule has 4 nitrogen and oxygen atoms in total. The van der Waals surface area contributed by atoms with Crippen LogP contribution in [0, 0.1) is 0 Å². The minimum atomic E-state index is 0.805. The third-order valence-electron chi connectivity index (χ3n) is 3.05. The van der Waals surface area contributed by atoms with Crippen LogP contribution in [0.2, 0.25) is 0 Å². The van der Waals surface area contributed by atoms with Gasteiger partial charge < -0.3 is 0 Å². The van der Waals surface area contributed by atoms with Crippen molar-refractivity contribution in [2.75, 3.05) is 0 Å². The van der Waals surface area contributed by atoms with E-state index in [2.05, 4.69) is 19.9 Å². The first-order chi connectivity index (χ1) is 8.95. The van der Waals surface area contributed by atoms with E-state index in [1.54, 1.807) is 24.8 Å². The first-order valence-electron chi connectivity index (χ1n) is 5.67. The molecule has 0 aliphatic rings. The van der Waals surface area contributed by atoms with Gasteiger partial charge in [-0.25, -0.2) is 0 Å². The van der Waals surface area contributed by atoms with Gasteiger partial charge in [-0.1, -0.05) is 12.1 Å². The highest BCUT2D eigenvalue weighted by Gasteiger charge is 2.10. The van der Waals surface area contributed by atoms with E-state index in [-0.39, 0.29) is 0 Å². The van der Waals surface area contributed by atoms with Crippen LogP contribution < -0.4 is 0 Å². The van der Waals surface area contributed by atoms with Crippen LogP contribution in [-0.2, 0) is 0 Å². The predicted molar refractivity (Wildman–Crippen MR) is 70.1 cm³/mol.